The molecule has 0 aliphatic heterocycles. The number of carbonyl (C=O) groups excluding carboxylic acids is 2. The number of amides is 1. The first-order valence-electron chi connectivity index (χ1n) is 11.2. The fraction of sp³-hybridized carbons (Fsp3) is 0.231. The van der Waals surface area contributed by atoms with Crippen LogP contribution in [0, 0.1) is 6.92 Å². The summed E-state index contributed by atoms with van der Waals surface area (Å²) in [6.45, 7) is 4.90. The molecule has 0 radical (unpaired) electrons. The van der Waals surface area contributed by atoms with Gasteiger partial charge in [0.15, 0.2) is 11.0 Å². The second-order valence-corrected chi connectivity index (χ2v) is 9.21. The number of nitrogens with one attached hydrogen (secondary N) is 1. The van der Waals surface area contributed by atoms with Gasteiger partial charge in [-0.1, -0.05) is 53.7 Å². The molecule has 10 heteroatoms. The van der Waals surface area contributed by atoms with Crippen molar-refractivity contribution in [3.05, 3.63) is 76.6 Å². The minimum absolute atomic E-state index is 0.0849. The van der Waals surface area contributed by atoms with Crippen LogP contribution in [0.15, 0.2) is 59.8 Å². The summed E-state index contributed by atoms with van der Waals surface area (Å²) in [5, 5.41) is 14.5. The summed E-state index contributed by atoms with van der Waals surface area (Å²) in [5.74, 6) is 0.739. The van der Waals surface area contributed by atoms with E-state index >= 15 is 0 Å². The third-order valence-corrected chi connectivity index (χ3v) is 6.91. The third-order valence-electron chi connectivity index (χ3n) is 5.61. The molecule has 0 fully saturated rings. The van der Waals surface area contributed by atoms with E-state index in [-0.39, 0.29) is 18.3 Å². The summed E-state index contributed by atoms with van der Waals surface area (Å²) in [5.41, 5.74) is 1.70. The zero-order valence-electron chi connectivity index (χ0n) is 20.1. The maximum Gasteiger partial charge on any atom is 0.337 e. The molecule has 0 unspecified atom stereocenters. The Balaban J connectivity index is 1.40. The van der Waals surface area contributed by atoms with Crippen LogP contribution < -0.4 is 10.1 Å². The SMILES string of the molecule is CCn1c(COc2ccc3ccccc3c2C)nnc1SCC(=O)Nc1cc(C(=O)OC)ccc1Cl. The number of carbonyl (C=O) groups is 2. The third kappa shape index (κ3) is 5.63. The molecule has 3 aromatic carbocycles. The number of halogens is 1. The first kappa shape index (κ1) is 25.5. The zero-order chi connectivity index (χ0) is 25.7. The van der Waals surface area contributed by atoms with E-state index in [0.29, 0.717) is 33.8 Å². The van der Waals surface area contributed by atoms with Crippen LogP contribution in [0.25, 0.3) is 10.8 Å². The molecular formula is C26H25ClN4O4S. The fourth-order valence-corrected chi connectivity index (χ4v) is 4.72. The van der Waals surface area contributed by atoms with E-state index < -0.39 is 5.97 Å². The van der Waals surface area contributed by atoms with Crippen molar-refractivity contribution in [2.24, 2.45) is 0 Å². The highest BCUT2D eigenvalue weighted by Gasteiger charge is 2.16. The highest BCUT2D eigenvalue weighted by Crippen LogP contribution is 2.28. The van der Waals surface area contributed by atoms with E-state index in [2.05, 4.69) is 27.6 Å². The molecule has 0 aliphatic carbocycles. The normalized spacial score (nSPS) is 10.9. The highest BCUT2D eigenvalue weighted by molar-refractivity contribution is 7.99. The van der Waals surface area contributed by atoms with Crippen LogP contribution in [-0.4, -0.2) is 39.5 Å². The molecule has 1 amide bonds. The van der Waals surface area contributed by atoms with Crippen molar-refractivity contribution < 1.29 is 19.1 Å². The van der Waals surface area contributed by atoms with Gasteiger partial charge in [-0.3, -0.25) is 4.79 Å². The lowest BCUT2D eigenvalue weighted by molar-refractivity contribution is -0.113. The number of hydrogen-bond donors (Lipinski definition) is 1. The lowest BCUT2D eigenvalue weighted by Crippen LogP contribution is -2.16. The lowest BCUT2D eigenvalue weighted by atomic mass is 10.0. The van der Waals surface area contributed by atoms with Gasteiger partial charge in [0, 0.05) is 6.54 Å². The standard InChI is InChI=1S/C26H25ClN4O4S/c1-4-31-23(14-35-22-12-10-17-7-5-6-8-19(17)16(22)2)29-30-26(31)36-15-24(32)28-21-13-18(25(33)34-3)9-11-20(21)27/h5-13H,4,14-15H2,1-3H3,(H,28,32). The maximum atomic E-state index is 12.6. The second kappa shape index (κ2) is 11.5. The van der Waals surface area contributed by atoms with E-state index in [4.69, 9.17) is 21.1 Å². The number of fused-ring (bicyclic) bond motifs is 1. The Hall–Kier alpha value is -3.56. The Morgan fingerprint density at radius 1 is 1.11 bits per heavy atom. The number of hydrogen-bond acceptors (Lipinski definition) is 7. The van der Waals surface area contributed by atoms with Crippen LogP contribution in [-0.2, 0) is 22.7 Å². The van der Waals surface area contributed by atoms with Gasteiger partial charge < -0.3 is 19.4 Å². The molecule has 0 atom stereocenters. The van der Waals surface area contributed by atoms with Crippen LogP contribution in [0.2, 0.25) is 5.02 Å². The van der Waals surface area contributed by atoms with Gasteiger partial charge in [-0.2, -0.15) is 0 Å². The van der Waals surface area contributed by atoms with E-state index in [1.807, 2.05) is 42.7 Å². The number of aryl methyl sites for hydroxylation is 1. The van der Waals surface area contributed by atoms with Gasteiger partial charge in [-0.15, -0.1) is 10.2 Å². The van der Waals surface area contributed by atoms with Crippen molar-refractivity contribution in [2.75, 3.05) is 18.2 Å². The molecule has 1 heterocycles. The predicted octanol–water partition coefficient (Wildman–Crippen LogP) is 5.51. The second-order valence-electron chi connectivity index (χ2n) is 7.86. The number of ether oxygens (including phenoxy) is 2. The van der Waals surface area contributed by atoms with Gasteiger partial charge in [0.2, 0.25) is 5.91 Å². The number of thioether (sulfide) groups is 1. The molecule has 0 saturated carbocycles. The maximum absolute atomic E-state index is 12.6. The largest absolute Gasteiger partial charge is 0.485 e. The van der Waals surface area contributed by atoms with Gasteiger partial charge in [0.05, 0.1) is 29.1 Å². The summed E-state index contributed by atoms with van der Waals surface area (Å²) in [4.78, 5) is 24.3. The molecule has 4 rings (SSSR count). The highest BCUT2D eigenvalue weighted by atomic mass is 35.5. The van der Waals surface area contributed by atoms with Crippen molar-refractivity contribution in [1.82, 2.24) is 14.8 Å². The van der Waals surface area contributed by atoms with Crippen LogP contribution >= 0.6 is 23.4 Å². The number of rotatable bonds is 9. The molecule has 0 bridgehead atoms. The average molecular weight is 525 g/mol. The lowest BCUT2D eigenvalue weighted by Gasteiger charge is -2.12. The number of anilines is 1. The van der Waals surface area contributed by atoms with Crippen molar-refractivity contribution in [1.29, 1.82) is 0 Å². The van der Waals surface area contributed by atoms with Crippen LogP contribution in [0.3, 0.4) is 0 Å². The molecule has 0 aliphatic rings. The predicted molar refractivity (Wildman–Crippen MR) is 141 cm³/mol. The van der Waals surface area contributed by atoms with Crippen molar-refractivity contribution in [3.8, 4) is 5.75 Å². The van der Waals surface area contributed by atoms with Gasteiger partial charge in [-0.25, -0.2) is 4.79 Å². The minimum Gasteiger partial charge on any atom is -0.485 e. The zero-order valence-corrected chi connectivity index (χ0v) is 21.7. The Kier molecular flexibility index (Phi) is 8.12. The topological polar surface area (TPSA) is 95.3 Å². The number of aromatic nitrogens is 3. The first-order valence-corrected chi connectivity index (χ1v) is 12.6. The smallest absolute Gasteiger partial charge is 0.337 e. The molecule has 4 aromatic rings. The summed E-state index contributed by atoms with van der Waals surface area (Å²) in [6.07, 6.45) is 0. The molecule has 1 aromatic heterocycles. The van der Waals surface area contributed by atoms with Crippen LogP contribution in [0.5, 0.6) is 5.75 Å². The molecular weight excluding hydrogens is 500 g/mol. The van der Waals surface area contributed by atoms with Gasteiger partial charge in [-0.05, 0) is 54.4 Å². The Morgan fingerprint density at radius 3 is 2.69 bits per heavy atom. The Morgan fingerprint density at radius 2 is 1.92 bits per heavy atom. The van der Waals surface area contributed by atoms with E-state index in [1.54, 1.807) is 0 Å². The number of methoxy groups -OCH3 is 1. The van der Waals surface area contributed by atoms with Gasteiger partial charge >= 0.3 is 5.97 Å². The average Bonchev–Trinajstić information content (AvgIpc) is 3.29. The Labute approximate surface area is 218 Å². The molecule has 0 spiro atoms. The number of benzene rings is 3. The fourth-order valence-electron chi connectivity index (χ4n) is 3.74. The summed E-state index contributed by atoms with van der Waals surface area (Å²) >= 11 is 7.43. The van der Waals surface area contributed by atoms with E-state index in [9.17, 15) is 9.59 Å². The summed E-state index contributed by atoms with van der Waals surface area (Å²) in [6, 6.07) is 16.7. The van der Waals surface area contributed by atoms with Crippen molar-refractivity contribution >= 4 is 51.7 Å². The number of esters is 1. The van der Waals surface area contributed by atoms with E-state index in [1.165, 1.54) is 37.1 Å². The van der Waals surface area contributed by atoms with Crippen LogP contribution in [0.4, 0.5) is 5.69 Å². The molecule has 186 valence electrons. The summed E-state index contributed by atoms with van der Waals surface area (Å²) < 4.78 is 12.7. The van der Waals surface area contributed by atoms with E-state index in [0.717, 1.165) is 22.1 Å². The monoisotopic (exact) mass is 524 g/mol. The molecule has 36 heavy (non-hydrogen) atoms. The first-order chi connectivity index (χ1) is 17.4. The van der Waals surface area contributed by atoms with Crippen molar-refractivity contribution in [2.45, 2.75) is 32.2 Å². The number of nitrogens with zero attached hydrogens (tertiary/aromatic N) is 3. The summed E-state index contributed by atoms with van der Waals surface area (Å²) in [7, 11) is 1.29. The van der Waals surface area contributed by atoms with Gasteiger partial charge in [0.1, 0.15) is 12.4 Å². The minimum atomic E-state index is -0.513. The quantitative estimate of drug-likeness (QED) is 0.228. The van der Waals surface area contributed by atoms with Crippen molar-refractivity contribution in [3.63, 3.8) is 0 Å². The molecule has 0 saturated heterocycles. The van der Waals surface area contributed by atoms with Crippen LogP contribution in [0.1, 0.15) is 28.7 Å². The molecule has 1 N–H and O–H groups in total. The Bertz CT molecular complexity index is 1420. The van der Waals surface area contributed by atoms with Gasteiger partial charge in [0.25, 0.3) is 0 Å². The molecule has 8 nitrogen and oxygen atoms in total.